The number of nitrogens with zero attached hydrogens (tertiary/aromatic N) is 4. The number of rotatable bonds is 3. The number of carbonyl (C=O) groups excluding carboxylic acids is 1. The first-order chi connectivity index (χ1) is 11.6. The second kappa shape index (κ2) is 5.31. The van der Waals surface area contributed by atoms with Gasteiger partial charge in [0.15, 0.2) is 5.65 Å². The van der Waals surface area contributed by atoms with Gasteiger partial charge < -0.3 is 10.5 Å². The zero-order valence-corrected chi connectivity index (χ0v) is 12.8. The molecule has 2 heterocycles. The maximum absolute atomic E-state index is 11.6. The fourth-order valence-corrected chi connectivity index (χ4v) is 2.56. The molecule has 0 bridgehead atoms. The van der Waals surface area contributed by atoms with Gasteiger partial charge in [-0.25, -0.2) is 0 Å². The van der Waals surface area contributed by atoms with Gasteiger partial charge in [-0.05, 0) is 24.6 Å². The Morgan fingerprint density at radius 2 is 1.75 bits per heavy atom. The summed E-state index contributed by atoms with van der Waals surface area (Å²) in [4.78, 5) is 11.6. The van der Waals surface area contributed by atoms with Crippen molar-refractivity contribution < 1.29 is 9.53 Å². The average molecular weight is 319 g/mol. The molecule has 2 aromatic carbocycles. The zero-order chi connectivity index (χ0) is 16.7. The highest BCUT2D eigenvalue weighted by atomic mass is 16.5. The van der Waals surface area contributed by atoms with Crippen LogP contribution in [0.4, 0.5) is 0 Å². The largest absolute Gasteiger partial charge is 0.437 e. The van der Waals surface area contributed by atoms with E-state index in [0.29, 0.717) is 17.3 Å². The van der Waals surface area contributed by atoms with Crippen LogP contribution in [0.2, 0.25) is 0 Å². The molecule has 0 aliphatic heterocycles. The van der Waals surface area contributed by atoms with E-state index in [4.69, 9.17) is 10.5 Å². The highest BCUT2D eigenvalue weighted by Gasteiger charge is 2.18. The summed E-state index contributed by atoms with van der Waals surface area (Å²) in [7, 11) is 0. The molecular weight excluding hydrogens is 306 g/mol. The number of hydrogen-bond donors (Lipinski definition) is 1. The average Bonchev–Trinajstić information content (AvgIpc) is 3.01. The number of benzene rings is 2. The highest BCUT2D eigenvalue weighted by molar-refractivity contribution is 5.98. The molecule has 0 fully saturated rings. The van der Waals surface area contributed by atoms with Gasteiger partial charge in [0.1, 0.15) is 5.75 Å². The van der Waals surface area contributed by atoms with Crippen LogP contribution in [0.15, 0.2) is 48.5 Å². The molecule has 4 rings (SSSR count). The van der Waals surface area contributed by atoms with E-state index in [1.165, 1.54) is 4.52 Å². The predicted octanol–water partition coefficient (Wildman–Crippen LogP) is 2.48. The van der Waals surface area contributed by atoms with Gasteiger partial charge in [0.2, 0.25) is 11.7 Å². The maximum atomic E-state index is 11.6. The van der Waals surface area contributed by atoms with Gasteiger partial charge in [0.05, 0.1) is 0 Å². The molecule has 24 heavy (non-hydrogen) atoms. The normalized spacial score (nSPS) is 11.0. The lowest BCUT2D eigenvalue weighted by atomic mass is 10.2. The summed E-state index contributed by atoms with van der Waals surface area (Å²) in [6.45, 7) is 1.95. The molecule has 118 valence electrons. The van der Waals surface area contributed by atoms with Crippen molar-refractivity contribution in [2.45, 2.75) is 6.92 Å². The maximum Gasteiger partial charge on any atom is 0.288 e. The minimum absolute atomic E-state index is 0.0367. The number of ether oxygens (including phenoxy) is 1. The third-order valence-corrected chi connectivity index (χ3v) is 3.75. The molecule has 0 saturated heterocycles. The molecule has 0 spiro atoms. The van der Waals surface area contributed by atoms with E-state index in [1.807, 2.05) is 55.5 Å². The molecule has 0 aliphatic carbocycles. The van der Waals surface area contributed by atoms with Crippen LogP contribution in [0.3, 0.4) is 0 Å². The summed E-state index contributed by atoms with van der Waals surface area (Å²) in [6.07, 6.45) is 0. The Balaban J connectivity index is 2.00. The molecule has 4 aromatic rings. The smallest absolute Gasteiger partial charge is 0.288 e. The molecule has 0 saturated carbocycles. The number of primary amides is 1. The quantitative estimate of drug-likeness (QED) is 0.626. The lowest BCUT2D eigenvalue weighted by Gasteiger charge is -2.10. The molecule has 2 aromatic heterocycles. The van der Waals surface area contributed by atoms with Crippen LogP contribution in [-0.2, 0) is 0 Å². The second-order valence-electron chi connectivity index (χ2n) is 5.34. The number of carbonyl (C=O) groups is 1. The van der Waals surface area contributed by atoms with Gasteiger partial charge in [-0.3, -0.25) is 4.79 Å². The van der Waals surface area contributed by atoms with Gasteiger partial charge in [-0.15, -0.1) is 15.3 Å². The predicted molar refractivity (Wildman–Crippen MR) is 88.1 cm³/mol. The summed E-state index contributed by atoms with van der Waals surface area (Å²) < 4.78 is 7.31. The van der Waals surface area contributed by atoms with Crippen molar-refractivity contribution in [2.75, 3.05) is 0 Å². The van der Waals surface area contributed by atoms with Crippen LogP contribution >= 0.6 is 0 Å². The number of fused-ring (bicyclic) bond motifs is 3. The van der Waals surface area contributed by atoms with E-state index in [2.05, 4.69) is 15.3 Å². The summed E-state index contributed by atoms with van der Waals surface area (Å²) in [5.74, 6) is 0.301. The van der Waals surface area contributed by atoms with Crippen LogP contribution in [0.5, 0.6) is 11.6 Å². The Kier molecular flexibility index (Phi) is 3.13. The van der Waals surface area contributed by atoms with Gasteiger partial charge in [0, 0.05) is 10.8 Å². The lowest BCUT2D eigenvalue weighted by molar-refractivity contribution is 0.0988. The van der Waals surface area contributed by atoms with Crippen molar-refractivity contribution in [3.8, 4) is 11.6 Å². The molecule has 2 N–H and O–H groups in total. The Bertz CT molecular complexity index is 1090. The summed E-state index contributed by atoms with van der Waals surface area (Å²) in [5.41, 5.74) is 6.78. The fraction of sp³-hybridized carbons (Fsp3) is 0.0588. The number of para-hydroxylation sites is 1. The van der Waals surface area contributed by atoms with E-state index in [1.54, 1.807) is 0 Å². The molecule has 1 amide bonds. The van der Waals surface area contributed by atoms with Crippen LogP contribution < -0.4 is 10.5 Å². The van der Waals surface area contributed by atoms with E-state index in [0.717, 1.165) is 16.3 Å². The van der Waals surface area contributed by atoms with Crippen molar-refractivity contribution in [3.05, 3.63) is 59.9 Å². The first kappa shape index (κ1) is 14.1. The molecule has 7 heteroatoms. The van der Waals surface area contributed by atoms with Gasteiger partial charge in [-0.1, -0.05) is 36.4 Å². The third-order valence-electron chi connectivity index (χ3n) is 3.75. The van der Waals surface area contributed by atoms with Crippen molar-refractivity contribution in [1.82, 2.24) is 19.8 Å². The first-order valence-electron chi connectivity index (χ1n) is 7.32. The third kappa shape index (κ3) is 2.14. The molecule has 0 radical (unpaired) electrons. The number of aryl methyl sites for hydroxylation is 1. The summed E-state index contributed by atoms with van der Waals surface area (Å²) in [6, 6.07) is 15.1. The van der Waals surface area contributed by atoms with E-state index >= 15 is 0 Å². The van der Waals surface area contributed by atoms with E-state index in [9.17, 15) is 4.79 Å². The monoisotopic (exact) mass is 319 g/mol. The van der Waals surface area contributed by atoms with Crippen molar-refractivity contribution in [1.29, 1.82) is 0 Å². The van der Waals surface area contributed by atoms with Crippen molar-refractivity contribution >= 4 is 22.3 Å². The number of nitrogens with two attached hydrogens (primary N) is 1. The van der Waals surface area contributed by atoms with Crippen LogP contribution in [0.1, 0.15) is 16.2 Å². The van der Waals surface area contributed by atoms with Crippen molar-refractivity contribution in [2.24, 2.45) is 5.73 Å². The van der Waals surface area contributed by atoms with Gasteiger partial charge >= 0.3 is 0 Å². The summed E-state index contributed by atoms with van der Waals surface area (Å²) in [5, 5.41) is 13.8. The minimum Gasteiger partial charge on any atom is -0.437 e. The Morgan fingerprint density at radius 3 is 2.50 bits per heavy atom. The number of amides is 1. The van der Waals surface area contributed by atoms with E-state index in [-0.39, 0.29) is 5.82 Å². The van der Waals surface area contributed by atoms with Gasteiger partial charge in [0.25, 0.3) is 5.91 Å². The van der Waals surface area contributed by atoms with E-state index < -0.39 is 5.91 Å². The topological polar surface area (TPSA) is 95.4 Å². The SMILES string of the molecule is Cc1ccccc1Oc1nn2c(C(N)=O)nnc2c2ccccc12. The zero-order valence-electron chi connectivity index (χ0n) is 12.8. The Morgan fingerprint density at radius 1 is 1.04 bits per heavy atom. The molecule has 0 aliphatic rings. The standard InChI is InChI=1S/C17H13N5O2/c1-10-6-2-5-9-13(10)24-17-12-8-4-3-7-11(12)15-19-20-16(14(18)23)22(15)21-17/h2-9H,1H3,(H2,18,23). The Labute approximate surface area is 136 Å². The minimum atomic E-state index is -0.702. The molecular formula is C17H13N5O2. The number of hydrogen-bond acceptors (Lipinski definition) is 5. The Hall–Kier alpha value is -3.48. The van der Waals surface area contributed by atoms with Crippen molar-refractivity contribution in [3.63, 3.8) is 0 Å². The first-order valence-corrected chi connectivity index (χ1v) is 7.32. The van der Waals surface area contributed by atoms with Gasteiger partial charge in [-0.2, -0.15) is 4.52 Å². The van der Waals surface area contributed by atoms with Crippen LogP contribution in [0, 0.1) is 6.92 Å². The molecule has 7 nitrogen and oxygen atoms in total. The van der Waals surface area contributed by atoms with Crippen LogP contribution in [0.25, 0.3) is 16.4 Å². The molecule has 0 unspecified atom stereocenters. The highest BCUT2D eigenvalue weighted by Crippen LogP contribution is 2.31. The second-order valence-corrected chi connectivity index (χ2v) is 5.34. The summed E-state index contributed by atoms with van der Waals surface area (Å²) >= 11 is 0. The lowest BCUT2D eigenvalue weighted by Crippen LogP contribution is -2.16. The fourth-order valence-electron chi connectivity index (χ4n) is 2.56. The number of aromatic nitrogens is 4. The molecule has 0 atom stereocenters. The van der Waals surface area contributed by atoms with Crippen LogP contribution in [-0.4, -0.2) is 25.7 Å².